The molecule has 0 saturated heterocycles. The summed E-state index contributed by atoms with van der Waals surface area (Å²) in [6.07, 6.45) is 1.17. The van der Waals surface area contributed by atoms with Crippen molar-refractivity contribution < 1.29 is 13.2 Å². The van der Waals surface area contributed by atoms with Crippen molar-refractivity contribution in [3.05, 3.63) is 29.8 Å². The summed E-state index contributed by atoms with van der Waals surface area (Å²) >= 11 is 0. The normalized spacial score (nSPS) is 11.6. The molecule has 0 aromatic heterocycles. The third-order valence-electron chi connectivity index (χ3n) is 2.30. The average Bonchev–Trinajstić information content (AvgIpc) is 2.25. The van der Waals surface area contributed by atoms with Crippen molar-refractivity contribution in [1.29, 1.82) is 0 Å². The van der Waals surface area contributed by atoms with Crippen LogP contribution in [0.5, 0.6) is 0 Å². The lowest BCUT2D eigenvalue weighted by Crippen LogP contribution is -2.32. The largest absolute Gasteiger partial charge is 0.351 e. The molecule has 1 amide bonds. The maximum Gasteiger partial charge on any atom is 0.234 e. The van der Waals surface area contributed by atoms with E-state index in [1.807, 2.05) is 14.1 Å². The Morgan fingerprint density at radius 3 is 2.22 bits per heavy atom. The summed E-state index contributed by atoms with van der Waals surface area (Å²) in [7, 11) is 0.479. The summed E-state index contributed by atoms with van der Waals surface area (Å²) in [4.78, 5) is 13.5. The van der Waals surface area contributed by atoms with Crippen molar-refractivity contribution in [2.45, 2.75) is 11.4 Å². The lowest BCUT2D eigenvalue weighted by molar-refractivity contribution is -0.121. The van der Waals surface area contributed by atoms with Crippen LogP contribution in [0.15, 0.2) is 29.2 Å². The van der Waals surface area contributed by atoms with Gasteiger partial charge in [-0.2, -0.15) is 0 Å². The first-order chi connectivity index (χ1) is 8.29. The van der Waals surface area contributed by atoms with Crippen molar-refractivity contribution in [2.75, 3.05) is 26.9 Å². The number of carbonyl (C=O) groups excluding carboxylic acids is 1. The third kappa shape index (κ3) is 4.85. The highest BCUT2D eigenvalue weighted by Gasteiger charge is 2.07. The fraction of sp³-hybridized carbons (Fsp3) is 0.417. The molecule has 0 bridgehead atoms. The van der Waals surface area contributed by atoms with Gasteiger partial charge in [0.2, 0.25) is 5.91 Å². The number of sulfone groups is 1. The van der Waals surface area contributed by atoms with Crippen LogP contribution in [0.4, 0.5) is 0 Å². The standard InChI is InChI=1S/C12H18N2O3S/c1-14(2)9-12(15)13-8-10-4-6-11(7-5-10)18(3,16)17/h4-7H,8-9H2,1-3H3,(H,13,15). The summed E-state index contributed by atoms with van der Waals surface area (Å²) < 4.78 is 22.5. The highest BCUT2D eigenvalue weighted by atomic mass is 32.2. The van der Waals surface area contributed by atoms with Crippen molar-refractivity contribution in [3.8, 4) is 0 Å². The predicted molar refractivity (Wildman–Crippen MR) is 70.0 cm³/mol. The molecular weight excluding hydrogens is 252 g/mol. The topological polar surface area (TPSA) is 66.5 Å². The molecule has 0 fully saturated rings. The first-order valence-corrected chi connectivity index (χ1v) is 7.38. The lowest BCUT2D eigenvalue weighted by atomic mass is 10.2. The average molecular weight is 270 g/mol. The van der Waals surface area contributed by atoms with E-state index in [4.69, 9.17) is 0 Å². The molecule has 0 spiro atoms. The van der Waals surface area contributed by atoms with E-state index < -0.39 is 9.84 Å². The van der Waals surface area contributed by atoms with E-state index in [-0.39, 0.29) is 10.8 Å². The van der Waals surface area contributed by atoms with Crippen LogP contribution in [0, 0.1) is 0 Å². The molecule has 1 N–H and O–H groups in total. The molecular formula is C12H18N2O3S. The zero-order valence-electron chi connectivity index (χ0n) is 10.8. The number of amides is 1. The molecule has 18 heavy (non-hydrogen) atoms. The van der Waals surface area contributed by atoms with Gasteiger partial charge in [0.1, 0.15) is 0 Å². The number of nitrogens with zero attached hydrogens (tertiary/aromatic N) is 1. The number of hydrogen-bond donors (Lipinski definition) is 1. The molecule has 0 heterocycles. The van der Waals surface area contributed by atoms with Gasteiger partial charge in [0.25, 0.3) is 0 Å². The van der Waals surface area contributed by atoms with Crippen LogP contribution < -0.4 is 5.32 Å². The second-order valence-electron chi connectivity index (χ2n) is 4.43. The number of benzene rings is 1. The molecule has 0 aliphatic heterocycles. The monoisotopic (exact) mass is 270 g/mol. The van der Waals surface area contributed by atoms with Gasteiger partial charge < -0.3 is 10.2 Å². The maximum atomic E-state index is 11.4. The number of hydrogen-bond acceptors (Lipinski definition) is 4. The molecule has 0 radical (unpaired) electrons. The van der Waals surface area contributed by atoms with Gasteiger partial charge in [0.05, 0.1) is 11.4 Å². The molecule has 0 unspecified atom stereocenters. The van der Waals surface area contributed by atoms with Gasteiger partial charge in [0.15, 0.2) is 9.84 Å². The first kappa shape index (κ1) is 14.7. The second kappa shape index (κ2) is 5.97. The molecule has 0 saturated carbocycles. The summed E-state index contributed by atoms with van der Waals surface area (Å²) in [5.74, 6) is -0.0628. The van der Waals surface area contributed by atoms with Crippen LogP contribution >= 0.6 is 0 Å². The zero-order chi connectivity index (χ0) is 13.8. The molecule has 1 rings (SSSR count). The first-order valence-electron chi connectivity index (χ1n) is 5.49. The van der Waals surface area contributed by atoms with Gasteiger partial charge in [-0.15, -0.1) is 0 Å². The number of nitrogens with one attached hydrogen (secondary N) is 1. The molecule has 1 aromatic rings. The van der Waals surface area contributed by atoms with E-state index in [0.717, 1.165) is 5.56 Å². The van der Waals surface area contributed by atoms with E-state index in [9.17, 15) is 13.2 Å². The Labute approximate surface area is 108 Å². The summed E-state index contributed by atoms with van der Waals surface area (Å²) in [5, 5.41) is 2.76. The van der Waals surface area contributed by atoms with E-state index in [0.29, 0.717) is 13.1 Å². The number of rotatable bonds is 5. The van der Waals surface area contributed by atoms with Crippen molar-refractivity contribution >= 4 is 15.7 Å². The van der Waals surface area contributed by atoms with Crippen LogP contribution in [-0.2, 0) is 21.2 Å². The highest BCUT2D eigenvalue weighted by Crippen LogP contribution is 2.09. The highest BCUT2D eigenvalue weighted by molar-refractivity contribution is 7.90. The Bertz CT molecular complexity index is 507. The smallest absolute Gasteiger partial charge is 0.234 e. The Kier molecular flexibility index (Phi) is 4.86. The van der Waals surface area contributed by atoms with Crippen LogP contribution in [0.1, 0.15) is 5.56 Å². The predicted octanol–water partition coefficient (Wildman–Crippen LogP) is 0.268. The third-order valence-corrected chi connectivity index (χ3v) is 3.43. The molecule has 1 aromatic carbocycles. The minimum absolute atomic E-state index is 0.0628. The molecule has 5 nitrogen and oxygen atoms in total. The van der Waals surface area contributed by atoms with Gasteiger partial charge >= 0.3 is 0 Å². The van der Waals surface area contributed by atoms with E-state index in [1.54, 1.807) is 29.2 Å². The minimum Gasteiger partial charge on any atom is -0.351 e. The maximum absolute atomic E-state index is 11.4. The van der Waals surface area contributed by atoms with E-state index in [2.05, 4.69) is 5.32 Å². The minimum atomic E-state index is -3.16. The van der Waals surface area contributed by atoms with Gasteiger partial charge in [-0.3, -0.25) is 4.79 Å². The Balaban J connectivity index is 2.57. The van der Waals surface area contributed by atoms with Crippen LogP contribution in [0.2, 0.25) is 0 Å². The quantitative estimate of drug-likeness (QED) is 0.834. The SMILES string of the molecule is CN(C)CC(=O)NCc1ccc(S(C)(=O)=O)cc1. The van der Waals surface area contributed by atoms with Gasteiger partial charge in [-0.05, 0) is 31.8 Å². The van der Waals surface area contributed by atoms with Crippen molar-refractivity contribution in [1.82, 2.24) is 10.2 Å². The van der Waals surface area contributed by atoms with E-state index in [1.165, 1.54) is 6.26 Å². The van der Waals surface area contributed by atoms with Crippen LogP contribution in [0.3, 0.4) is 0 Å². The molecule has 6 heteroatoms. The number of carbonyl (C=O) groups is 1. The Morgan fingerprint density at radius 1 is 1.22 bits per heavy atom. The van der Waals surface area contributed by atoms with Gasteiger partial charge in [-0.25, -0.2) is 8.42 Å². The Hall–Kier alpha value is -1.40. The Morgan fingerprint density at radius 2 is 1.78 bits per heavy atom. The zero-order valence-corrected chi connectivity index (χ0v) is 11.6. The summed E-state index contributed by atoms with van der Waals surface area (Å²) in [6.45, 7) is 0.734. The van der Waals surface area contributed by atoms with Crippen molar-refractivity contribution in [2.24, 2.45) is 0 Å². The molecule has 0 aliphatic carbocycles. The van der Waals surface area contributed by atoms with Gasteiger partial charge in [-0.1, -0.05) is 12.1 Å². The van der Waals surface area contributed by atoms with Crippen molar-refractivity contribution in [3.63, 3.8) is 0 Å². The number of likely N-dealkylation sites (N-methyl/N-ethyl adjacent to an activating group) is 1. The van der Waals surface area contributed by atoms with Crippen LogP contribution in [-0.4, -0.2) is 46.1 Å². The lowest BCUT2D eigenvalue weighted by Gasteiger charge is -2.10. The fourth-order valence-electron chi connectivity index (χ4n) is 1.40. The summed E-state index contributed by atoms with van der Waals surface area (Å²) in [5.41, 5.74) is 0.870. The fourth-order valence-corrected chi connectivity index (χ4v) is 2.03. The molecule has 100 valence electrons. The summed E-state index contributed by atoms with van der Waals surface area (Å²) in [6, 6.07) is 6.49. The van der Waals surface area contributed by atoms with Crippen LogP contribution in [0.25, 0.3) is 0 Å². The molecule has 0 atom stereocenters. The van der Waals surface area contributed by atoms with E-state index >= 15 is 0 Å². The molecule has 0 aliphatic rings. The van der Waals surface area contributed by atoms with Gasteiger partial charge in [0, 0.05) is 12.8 Å². The second-order valence-corrected chi connectivity index (χ2v) is 6.45.